The van der Waals surface area contributed by atoms with E-state index < -0.39 is 12.0 Å². The molecule has 1 heterocycles. The lowest BCUT2D eigenvalue weighted by Crippen LogP contribution is -2.44. The van der Waals surface area contributed by atoms with Crippen LogP contribution in [-0.2, 0) is 11.2 Å². The number of carbonyl (C=O) groups excluding carboxylic acids is 1. The molecule has 1 fully saturated rings. The van der Waals surface area contributed by atoms with Gasteiger partial charge in [-0.3, -0.25) is 14.5 Å². The first-order chi connectivity index (χ1) is 12.5. The highest BCUT2D eigenvalue weighted by Gasteiger charge is 2.31. The number of carboxylic acids is 1. The van der Waals surface area contributed by atoms with Crippen molar-refractivity contribution in [2.45, 2.75) is 31.3 Å². The maximum atomic E-state index is 12.4. The maximum absolute atomic E-state index is 12.4. The van der Waals surface area contributed by atoms with E-state index in [4.69, 9.17) is 5.73 Å². The molecule has 3 rings (SSSR count). The minimum atomic E-state index is -0.765. The van der Waals surface area contributed by atoms with Gasteiger partial charge in [0.2, 0.25) is 0 Å². The minimum Gasteiger partial charge on any atom is -0.480 e. The summed E-state index contributed by atoms with van der Waals surface area (Å²) >= 11 is 0. The molecule has 5 heteroatoms. The average molecular weight is 352 g/mol. The van der Waals surface area contributed by atoms with E-state index in [0.29, 0.717) is 30.5 Å². The van der Waals surface area contributed by atoms with Gasteiger partial charge in [0, 0.05) is 23.7 Å². The van der Waals surface area contributed by atoms with Crippen molar-refractivity contribution >= 4 is 11.8 Å². The van der Waals surface area contributed by atoms with Gasteiger partial charge in [-0.25, -0.2) is 0 Å². The summed E-state index contributed by atoms with van der Waals surface area (Å²) in [4.78, 5) is 25.6. The number of benzene rings is 2. The molecular weight excluding hydrogens is 328 g/mol. The van der Waals surface area contributed by atoms with Crippen LogP contribution < -0.4 is 5.73 Å². The van der Waals surface area contributed by atoms with Crippen LogP contribution in [0.1, 0.15) is 34.3 Å². The quantitative estimate of drug-likeness (QED) is 0.747. The fraction of sp³-hybridized carbons (Fsp3) is 0.333. The number of aliphatic carboxylic acids is 1. The van der Waals surface area contributed by atoms with Gasteiger partial charge >= 0.3 is 5.97 Å². The Balaban J connectivity index is 1.59. The summed E-state index contributed by atoms with van der Waals surface area (Å²) in [5.74, 6) is -0.763. The van der Waals surface area contributed by atoms with Gasteiger partial charge in [-0.15, -0.1) is 0 Å². The molecule has 2 aromatic rings. The van der Waals surface area contributed by atoms with E-state index in [1.165, 1.54) is 0 Å². The number of rotatable bonds is 7. The molecule has 2 aromatic carbocycles. The number of hydrogen-bond acceptors (Lipinski definition) is 4. The Morgan fingerprint density at radius 3 is 2.38 bits per heavy atom. The highest BCUT2D eigenvalue weighted by molar-refractivity contribution is 6.08. The highest BCUT2D eigenvalue weighted by Crippen LogP contribution is 2.18. The summed E-state index contributed by atoms with van der Waals surface area (Å²) in [7, 11) is 0. The van der Waals surface area contributed by atoms with Gasteiger partial charge in [0.05, 0.1) is 0 Å². The number of nitrogens with zero attached hydrogens (tertiary/aromatic N) is 1. The number of carbonyl (C=O) groups is 2. The molecule has 0 saturated carbocycles. The second-order valence-electron chi connectivity index (χ2n) is 6.85. The zero-order chi connectivity index (χ0) is 18.5. The van der Waals surface area contributed by atoms with E-state index >= 15 is 0 Å². The van der Waals surface area contributed by atoms with E-state index in [0.717, 1.165) is 18.5 Å². The topological polar surface area (TPSA) is 83.6 Å². The van der Waals surface area contributed by atoms with Crippen molar-refractivity contribution in [2.24, 2.45) is 5.73 Å². The molecule has 26 heavy (non-hydrogen) atoms. The predicted molar refractivity (Wildman–Crippen MR) is 100 cm³/mol. The molecule has 0 aliphatic carbocycles. The first-order valence-electron chi connectivity index (χ1n) is 8.95. The third kappa shape index (κ3) is 4.36. The van der Waals surface area contributed by atoms with Crippen molar-refractivity contribution < 1.29 is 14.7 Å². The summed E-state index contributed by atoms with van der Waals surface area (Å²) < 4.78 is 0. The van der Waals surface area contributed by atoms with Crippen molar-refractivity contribution in [1.29, 1.82) is 0 Å². The van der Waals surface area contributed by atoms with Crippen molar-refractivity contribution in [3.8, 4) is 0 Å². The number of ketones is 1. The Morgan fingerprint density at radius 1 is 1.08 bits per heavy atom. The molecule has 1 aliphatic rings. The van der Waals surface area contributed by atoms with Crippen LogP contribution in [0.15, 0.2) is 54.6 Å². The molecule has 0 bridgehead atoms. The average Bonchev–Trinajstić information content (AvgIpc) is 3.11. The molecule has 0 amide bonds. The van der Waals surface area contributed by atoms with Gasteiger partial charge in [0.1, 0.15) is 6.04 Å². The van der Waals surface area contributed by atoms with E-state index in [-0.39, 0.29) is 11.8 Å². The zero-order valence-electron chi connectivity index (χ0n) is 14.7. The van der Waals surface area contributed by atoms with Gasteiger partial charge in [-0.1, -0.05) is 54.6 Å². The Kier molecular flexibility index (Phi) is 5.81. The molecular formula is C21H24N2O3. The number of nitrogens with two attached hydrogens (primary N) is 1. The molecule has 1 aliphatic heterocycles. The monoisotopic (exact) mass is 352 g/mol. The summed E-state index contributed by atoms with van der Waals surface area (Å²) in [6.45, 7) is 1.36. The Hall–Kier alpha value is -2.50. The number of likely N-dealkylation sites (tertiary alicyclic amines) is 1. The van der Waals surface area contributed by atoms with Gasteiger partial charge in [-0.2, -0.15) is 0 Å². The largest absolute Gasteiger partial charge is 0.480 e. The number of carboxylic acid groups (broad SMARTS) is 1. The highest BCUT2D eigenvalue weighted by atomic mass is 16.4. The molecule has 0 aromatic heterocycles. The molecule has 136 valence electrons. The van der Waals surface area contributed by atoms with Crippen molar-refractivity contribution in [3.63, 3.8) is 0 Å². The van der Waals surface area contributed by atoms with Gasteiger partial charge < -0.3 is 10.8 Å². The fourth-order valence-corrected chi connectivity index (χ4v) is 3.54. The van der Waals surface area contributed by atoms with Crippen molar-refractivity contribution in [2.75, 3.05) is 13.1 Å². The van der Waals surface area contributed by atoms with Crippen LogP contribution in [0.4, 0.5) is 0 Å². The third-order valence-corrected chi connectivity index (χ3v) is 4.87. The van der Waals surface area contributed by atoms with E-state index in [1.807, 2.05) is 47.4 Å². The Labute approximate surface area is 153 Å². The fourth-order valence-electron chi connectivity index (χ4n) is 3.54. The summed E-state index contributed by atoms with van der Waals surface area (Å²) in [5, 5.41) is 9.25. The van der Waals surface area contributed by atoms with E-state index in [9.17, 15) is 14.7 Å². The predicted octanol–water partition coefficient (Wildman–Crippen LogP) is 2.34. The second-order valence-corrected chi connectivity index (χ2v) is 6.85. The minimum absolute atomic E-state index is 0.00261. The first-order valence-corrected chi connectivity index (χ1v) is 8.95. The third-order valence-electron chi connectivity index (χ3n) is 4.87. The molecule has 0 unspecified atom stereocenters. The Morgan fingerprint density at radius 2 is 1.73 bits per heavy atom. The zero-order valence-corrected chi connectivity index (χ0v) is 14.7. The van der Waals surface area contributed by atoms with E-state index in [2.05, 4.69) is 0 Å². The molecule has 2 atom stereocenters. The summed E-state index contributed by atoms with van der Waals surface area (Å²) in [6, 6.07) is 16.2. The van der Waals surface area contributed by atoms with E-state index in [1.54, 1.807) is 12.1 Å². The van der Waals surface area contributed by atoms with Crippen LogP contribution in [0.25, 0.3) is 0 Å². The van der Waals surface area contributed by atoms with Crippen LogP contribution in [0.2, 0.25) is 0 Å². The second kappa shape index (κ2) is 8.25. The maximum Gasteiger partial charge on any atom is 0.320 e. The normalized spacial score (nSPS) is 18.6. The van der Waals surface area contributed by atoms with Crippen LogP contribution >= 0.6 is 0 Å². The summed E-state index contributed by atoms with van der Waals surface area (Å²) in [5.41, 5.74) is 8.61. The van der Waals surface area contributed by atoms with Crippen LogP contribution in [0.5, 0.6) is 0 Å². The lowest BCUT2D eigenvalue weighted by molar-refractivity contribution is -0.142. The SMILES string of the molecule is N[C@@H](Cc1ccc(C(=O)c2ccccc2)cc1)CN1CCC[C@H]1C(=O)O. The molecule has 0 radical (unpaired) electrons. The van der Waals surface area contributed by atoms with Crippen molar-refractivity contribution in [3.05, 3.63) is 71.3 Å². The van der Waals surface area contributed by atoms with Crippen LogP contribution in [0, 0.1) is 0 Å². The van der Waals surface area contributed by atoms with Gasteiger partial charge in [0.15, 0.2) is 5.78 Å². The van der Waals surface area contributed by atoms with Crippen molar-refractivity contribution in [1.82, 2.24) is 4.90 Å². The van der Waals surface area contributed by atoms with Crippen LogP contribution in [0.3, 0.4) is 0 Å². The molecule has 0 spiro atoms. The summed E-state index contributed by atoms with van der Waals surface area (Å²) in [6.07, 6.45) is 2.25. The lowest BCUT2D eigenvalue weighted by atomic mass is 9.99. The standard InChI is InChI=1S/C21H24N2O3/c22-18(14-23-12-4-7-19(23)21(25)26)13-15-8-10-17(11-9-15)20(24)16-5-2-1-3-6-16/h1-3,5-6,8-11,18-19H,4,7,12-14,22H2,(H,25,26)/t18-,19-/m0/s1. The van der Waals surface area contributed by atoms with Gasteiger partial charge in [0.25, 0.3) is 0 Å². The van der Waals surface area contributed by atoms with Crippen LogP contribution in [-0.4, -0.2) is 46.9 Å². The first kappa shape index (κ1) is 18.3. The lowest BCUT2D eigenvalue weighted by Gasteiger charge is -2.24. The smallest absolute Gasteiger partial charge is 0.320 e. The Bertz CT molecular complexity index is 759. The number of hydrogen-bond donors (Lipinski definition) is 2. The molecule has 1 saturated heterocycles. The molecule has 3 N–H and O–H groups in total. The van der Waals surface area contributed by atoms with Gasteiger partial charge in [-0.05, 0) is 31.4 Å². The molecule has 5 nitrogen and oxygen atoms in total.